The molecule has 5 nitrogen and oxygen atoms in total. The lowest BCUT2D eigenvalue weighted by molar-refractivity contribution is 0.142. The number of benzene rings is 1. The molecule has 0 spiro atoms. The van der Waals surface area contributed by atoms with E-state index in [9.17, 15) is 13.5 Å². The van der Waals surface area contributed by atoms with Crippen LogP contribution >= 0.6 is 0 Å². The molecule has 1 aromatic heterocycles. The number of aliphatic hydroxyl groups is 1. The molecular weight excluding hydrogens is 326 g/mol. The third kappa shape index (κ3) is 3.55. The summed E-state index contributed by atoms with van der Waals surface area (Å²) in [5.41, 5.74) is 4.66. The SMILES string of the molecule is Cc1c(C)c(C)c(S(=O)(=O)NCC[C@@H](O)c2ccco2)c(C)c1C. The lowest BCUT2D eigenvalue weighted by Gasteiger charge is -2.19. The summed E-state index contributed by atoms with van der Waals surface area (Å²) in [5.74, 6) is 0.434. The lowest BCUT2D eigenvalue weighted by atomic mass is 9.95. The predicted molar refractivity (Wildman–Crippen MR) is 93.6 cm³/mol. The van der Waals surface area contributed by atoms with Crippen LogP contribution in [-0.2, 0) is 10.0 Å². The van der Waals surface area contributed by atoms with Crippen LogP contribution in [0.25, 0.3) is 0 Å². The number of aliphatic hydroxyl groups excluding tert-OH is 1. The van der Waals surface area contributed by atoms with Crippen LogP contribution in [0, 0.1) is 34.6 Å². The summed E-state index contributed by atoms with van der Waals surface area (Å²) in [5, 5.41) is 9.98. The van der Waals surface area contributed by atoms with E-state index in [2.05, 4.69) is 4.72 Å². The second-order valence-electron chi connectivity index (χ2n) is 6.17. The molecular formula is C18H25NO4S. The zero-order chi connectivity index (χ0) is 18.1. The van der Waals surface area contributed by atoms with Crippen molar-refractivity contribution in [1.82, 2.24) is 4.72 Å². The average Bonchev–Trinajstić information content (AvgIpc) is 3.05. The van der Waals surface area contributed by atoms with E-state index in [1.165, 1.54) is 6.26 Å². The van der Waals surface area contributed by atoms with E-state index in [0.717, 1.165) is 27.8 Å². The maximum absolute atomic E-state index is 12.7. The van der Waals surface area contributed by atoms with Gasteiger partial charge in [0.15, 0.2) is 0 Å². The highest BCUT2D eigenvalue weighted by molar-refractivity contribution is 7.89. The van der Waals surface area contributed by atoms with E-state index >= 15 is 0 Å². The van der Waals surface area contributed by atoms with Gasteiger partial charge in [-0.3, -0.25) is 0 Å². The molecule has 0 unspecified atom stereocenters. The number of sulfonamides is 1. The Bertz CT molecular complexity index is 794. The molecule has 2 aromatic rings. The smallest absolute Gasteiger partial charge is 0.241 e. The zero-order valence-electron chi connectivity index (χ0n) is 14.8. The summed E-state index contributed by atoms with van der Waals surface area (Å²) in [6.45, 7) is 9.69. The minimum absolute atomic E-state index is 0.134. The minimum Gasteiger partial charge on any atom is -0.467 e. The second kappa shape index (κ2) is 7.09. The Kier molecular flexibility index (Phi) is 5.52. The molecule has 0 saturated carbocycles. The maximum Gasteiger partial charge on any atom is 0.241 e. The molecule has 1 atom stereocenters. The second-order valence-corrected chi connectivity index (χ2v) is 7.88. The van der Waals surface area contributed by atoms with Gasteiger partial charge in [-0.1, -0.05) is 0 Å². The van der Waals surface area contributed by atoms with Crippen molar-refractivity contribution in [1.29, 1.82) is 0 Å². The van der Waals surface area contributed by atoms with Gasteiger partial charge < -0.3 is 9.52 Å². The van der Waals surface area contributed by atoms with Gasteiger partial charge >= 0.3 is 0 Å². The lowest BCUT2D eigenvalue weighted by Crippen LogP contribution is -2.28. The average molecular weight is 351 g/mol. The molecule has 0 radical (unpaired) electrons. The van der Waals surface area contributed by atoms with Crippen molar-refractivity contribution in [2.45, 2.75) is 52.0 Å². The molecule has 24 heavy (non-hydrogen) atoms. The van der Waals surface area contributed by atoms with Gasteiger partial charge in [-0.25, -0.2) is 13.1 Å². The Morgan fingerprint density at radius 3 is 2.08 bits per heavy atom. The van der Waals surface area contributed by atoms with Crippen molar-refractivity contribution in [3.05, 3.63) is 52.0 Å². The van der Waals surface area contributed by atoms with Crippen molar-refractivity contribution in [3.63, 3.8) is 0 Å². The highest BCUT2D eigenvalue weighted by Gasteiger charge is 2.23. The quantitative estimate of drug-likeness (QED) is 0.837. The first-order chi connectivity index (χ1) is 11.2. The van der Waals surface area contributed by atoms with Crippen molar-refractivity contribution in [3.8, 4) is 0 Å². The highest BCUT2D eigenvalue weighted by atomic mass is 32.2. The largest absolute Gasteiger partial charge is 0.467 e. The zero-order valence-corrected chi connectivity index (χ0v) is 15.6. The molecule has 2 N–H and O–H groups in total. The molecule has 1 aromatic carbocycles. The third-order valence-electron chi connectivity index (χ3n) is 4.78. The molecule has 0 amide bonds. The first-order valence-electron chi connectivity index (χ1n) is 7.95. The molecule has 0 bridgehead atoms. The van der Waals surface area contributed by atoms with Crippen LogP contribution in [0.4, 0.5) is 0 Å². The predicted octanol–water partition coefficient (Wildman–Crippen LogP) is 3.22. The van der Waals surface area contributed by atoms with Crippen molar-refractivity contribution in [2.24, 2.45) is 0 Å². The van der Waals surface area contributed by atoms with Crippen LogP contribution < -0.4 is 4.72 Å². The van der Waals surface area contributed by atoms with Gasteiger partial charge in [-0.2, -0.15) is 0 Å². The Balaban J connectivity index is 2.19. The molecule has 132 valence electrons. The monoisotopic (exact) mass is 351 g/mol. The molecule has 0 aliphatic carbocycles. The molecule has 0 aliphatic heterocycles. The Morgan fingerprint density at radius 2 is 1.58 bits per heavy atom. The summed E-state index contributed by atoms with van der Waals surface area (Å²) in [7, 11) is -3.64. The van der Waals surface area contributed by atoms with Crippen LogP contribution in [0.2, 0.25) is 0 Å². The van der Waals surface area contributed by atoms with Gasteiger partial charge in [0.2, 0.25) is 10.0 Å². The van der Waals surface area contributed by atoms with Crippen molar-refractivity contribution >= 4 is 10.0 Å². The van der Waals surface area contributed by atoms with Gasteiger partial charge in [0, 0.05) is 6.54 Å². The van der Waals surface area contributed by atoms with E-state index in [1.807, 2.05) is 34.6 Å². The van der Waals surface area contributed by atoms with E-state index < -0.39 is 16.1 Å². The Hall–Kier alpha value is -1.63. The first-order valence-corrected chi connectivity index (χ1v) is 9.43. The summed E-state index contributed by atoms with van der Waals surface area (Å²) in [6.07, 6.45) is 0.897. The molecule has 0 aliphatic rings. The maximum atomic E-state index is 12.7. The van der Waals surface area contributed by atoms with Gasteiger partial charge in [0.1, 0.15) is 11.9 Å². The number of hydrogen-bond acceptors (Lipinski definition) is 4. The normalized spacial score (nSPS) is 13.2. The van der Waals surface area contributed by atoms with E-state index in [4.69, 9.17) is 4.42 Å². The Labute approximate surface area is 143 Å². The van der Waals surface area contributed by atoms with Crippen LogP contribution in [0.15, 0.2) is 27.7 Å². The third-order valence-corrected chi connectivity index (χ3v) is 6.52. The van der Waals surface area contributed by atoms with Gasteiger partial charge in [-0.05, 0) is 81.0 Å². The summed E-state index contributed by atoms with van der Waals surface area (Å²) in [4.78, 5) is 0.343. The number of hydrogen-bond donors (Lipinski definition) is 2. The molecule has 0 saturated heterocycles. The van der Waals surface area contributed by atoms with E-state index in [-0.39, 0.29) is 13.0 Å². The summed E-state index contributed by atoms with van der Waals surface area (Å²) in [6, 6.07) is 3.35. The fourth-order valence-corrected chi connectivity index (χ4v) is 4.54. The Morgan fingerprint density at radius 1 is 1.04 bits per heavy atom. The van der Waals surface area contributed by atoms with Crippen LogP contribution in [0.5, 0.6) is 0 Å². The van der Waals surface area contributed by atoms with Crippen LogP contribution in [0.3, 0.4) is 0 Å². The summed E-state index contributed by atoms with van der Waals surface area (Å²) < 4.78 is 33.2. The van der Waals surface area contributed by atoms with Crippen LogP contribution in [0.1, 0.15) is 46.1 Å². The van der Waals surface area contributed by atoms with E-state index in [1.54, 1.807) is 12.1 Å². The highest BCUT2D eigenvalue weighted by Crippen LogP contribution is 2.29. The van der Waals surface area contributed by atoms with Crippen molar-refractivity contribution in [2.75, 3.05) is 6.54 Å². The standard InChI is InChI=1S/C18H25NO4S/c1-11-12(2)14(4)18(15(5)13(11)3)24(21,22)19-9-8-16(20)17-7-6-10-23-17/h6-7,10,16,19-20H,8-9H2,1-5H3/t16-/m1/s1. The number of rotatable bonds is 6. The molecule has 0 fully saturated rings. The fraction of sp³-hybridized carbons (Fsp3) is 0.444. The fourth-order valence-electron chi connectivity index (χ4n) is 2.89. The van der Waals surface area contributed by atoms with Gasteiger partial charge in [0.05, 0.1) is 11.2 Å². The minimum atomic E-state index is -3.64. The molecule has 1 heterocycles. The number of furan rings is 1. The topological polar surface area (TPSA) is 79.5 Å². The first kappa shape index (κ1) is 18.7. The molecule has 6 heteroatoms. The number of nitrogens with one attached hydrogen (secondary N) is 1. The van der Waals surface area contributed by atoms with Crippen molar-refractivity contribution < 1.29 is 17.9 Å². The van der Waals surface area contributed by atoms with Gasteiger partial charge in [0.25, 0.3) is 0 Å². The summed E-state index contributed by atoms with van der Waals surface area (Å²) >= 11 is 0. The molecule has 2 rings (SSSR count). The van der Waals surface area contributed by atoms with Gasteiger partial charge in [-0.15, -0.1) is 0 Å². The van der Waals surface area contributed by atoms with E-state index in [0.29, 0.717) is 10.7 Å². The van der Waals surface area contributed by atoms with Crippen LogP contribution in [-0.4, -0.2) is 20.1 Å².